The third kappa shape index (κ3) is 8.48. The number of halogens is 4. The van der Waals surface area contributed by atoms with E-state index in [4.69, 9.17) is 11.6 Å². The van der Waals surface area contributed by atoms with E-state index in [1.807, 2.05) is 37.3 Å². The molecule has 0 radical (unpaired) electrons. The molecular formula is C30H33ClF3N3O4S. The minimum absolute atomic E-state index is 0.0683. The van der Waals surface area contributed by atoms with Crippen LogP contribution in [-0.2, 0) is 32.2 Å². The highest BCUT2D eigenvalue weighted by atomic mass is 35.5. The first kappa shape index (κ1) is 32.9. The van der Waals surface area contributed by atoms with Crippen molar-refractivity contribution in [1.29, 1.82) is 0 Å². The van der Waals surface area contributed by atoms with E-state index in [9.17, 15) is 31.2 Å². The second kappa shape index (κ2) is 14.6. The molecule has 226 valence electrons. The Balaban J connectivity index is 2.03. The molecular weight excluding hydrogens is 591 g/mol. The molecule has 0 heterocycles. The Kier molecular flexibility index (Phi) is 11.4. The zero-order valence-electron chi connectivity index (χ0n) is 23.3. The summed E-state index contributed by atoms with van der Waals surface area (Å²) in [4.78, 5) is 27.8. The number of unbranched alkanes of at least 4 members (excludes halogenated alkanes) is 1. The zero-order chi connectivity index (χ0) is 30.9. The number of nitrogens with zero attached hydrogens (tertiary/aromatic N) is 2. The molecule has 1 atom stereocenters. The Morgan fingerprint density at radius 2 is 1.60 bits per heavy atom. The van der Waals surface area contributed by atoms with Crippen LogP contribution in [0.5, 0.6) is 0 Å². The number of anilines is 1. The Morgan fingerprint density at radius 1 is 0.976 bits per heavy atom. The molecule has 0 fully saturated rings. The van der Waals surface area contributed by atoms with Gasteiger partial charge in [-0.05, 0) is 55.7 Å². The number of carbonyl (C=O) groups is 2. The number of alkyl halides is 3. The number of nitrogens with one attached hydrogen (secondary N) is 1. The van der Waals surface area contributed by atoms with Gasteiger partial charge in [0.15, 0.2) is 0 Å². The van der Waals surface area contributed by atoms with Crippen LogP contribution in [0.3, 0.4) is 0 Å². The summed E-state index contributed by atoms with van der Waals surface area (Å²) >= 11 is 5.79. The van der Waals surface area contributed by atoms with E-state index in [0.29, 0.717) is 23.3 Å². The molecule has 12 heteroatoms. The first-order valence-corrected chi connectivity index (χ1v) is 15.2. The quantitative estimate of drug-likeness (QED) is 0.239. The summed E-state index contributed by atoms with van der Waals surface area (Å²) in [6.45, 7) is 3.12. The lowest BCUT2D eigenvalue weighted by atomic mass is 10.1. The largest absolute Gasteiger partial charge is 0.417 e. The molecule has 3 aromatic rings. The van der Waals surface area contributed by atoms with E-state index in [0.717, 1.165) is 30.5 Å². The van der Waals surface area contributed by atoms with Crippen LogP contribution in [0, 0.1) is 0 Å². The molecule has 0 aromatic heterocycles. The van der Waals surface area contributed by atoms with Crippen molar-refractivity contribution < 1.29 is 31.2 Å². The van der Waals surface area contributed by atoms with Gasteiger partial charge in [0.2, 0.25) is 11.8 Å². The molecule has 3 rings (SSSR count). The third-order valence-electron chi connectivity index (χ3n) is 6.63. The van der Waals surface area contributed by atoms with E-state index >= 15 is 0 Å². The average Bonchev–Trinajstić information content (AvgIpc) is 2.96. The standard InChI is InChI=1S/C30H33ClF3N3O4S/c1-3-4-18-35-29(39)22(2)36(19-17-23-11-7-5-8-12-23)28(38)21-37(42(40,41)25-13-9-6-10-14-25)24-15-16-27(31)26(20-24)30(32,33)34/h5-16,20,22H,3-4,17-19,21H2,1-2H3,(H,35,39). The number of benzene rings is 3. The van der Waals surface area contributed by atoms with E-state index in [2.05, 4.69) is 5.32 Å². The summed E-state index contributed by atoms with van der Waals surface area (Å²) < 4.78 is 69.3. The van der Waals surface area contributed by atoms with Crippen molar-refractivity contribution in [2.45, 2.75) is 50.2 Å². The van der Waals surface area contributed by atoms with E-state index < -0.39 is 56.9 Å². The van der Waals surface area contributed by atoms with E-state index in [1.54, 1.807) is 6.07 Å². The number of carbonyl (C=O) groups excluding carboxylic acids is 2. The van der Waals surface area contributed by atoms with Gasteiger partial charge in [0.05, 0.1) is 21.2 Å². The lowest BCUT2D eigenvalue weighted by Gasteiger charge is -2.32. The van der Waals surface area contributed by atoms with Crippen LogP contribution in [0.1, 0.15) is 37.8 Å². The van der Waals surface area contributed by atoms with Gasteiger partial charge in [-0.15, -0.1) is 0 Å². The molecule has 1 N–H and O–H groups in total. The van der Waals surface area contributed by atoms with Gasteiger partial charge in [0.25, 0.3) is 10.0 Å². The summed E-state index contributed by atoms with van der Waals surface area (Å²) in [6.07, 6.45) is -2.92. The molecule has 3 aromatic carbocycles. The summed E-state index contributed by atoms with van der Waals surface area (Å²) in [7, 11) is -4.51. The van der Waals surface area contributed by atoms with Crippen LogP contribution >= 0.6 is 11.6 Å². The van der Waals surface area contributed by atoms with Gasteiger partial charge in [0.1, 0.15) is 12.6 Å². The molecule has 2 amide bonds. The molecule has 0 bridgehead atoms. The maximum atomic E-state index is 13.8. The molecule has 0 spiro atoms. The first-order valence-electron chi connectivity index (χ1n) is 13.4. The maximum absolute atomic E-state index is 13.8. The molecule has 0 saturated carbocycles. The Hall–Kier alpha value is -3.57. The highest BCUT2D eigenvalue weighted by Gasteiger charge is 2.36. The Bertz CT molecular complexity index is 1460. The summed E-state index contributed by atoms with van der Waals surface area (Å²) in [5.74, 6) is -1.18. The van der Waals surface area contributed by atoms with Crippen molar-refractivity contribution in [3.05, 3.63) is 95.0 Å². The van der Waals surface area contributed by atoms with Gasteiger partial charge in [-0.25, -0.2) is 8.42 Å². The van der Waals surface area contributed by atoms with Gasteiger partial charge in [-0.3, -0.25) is 13.9 Å². The molecule has 0 saturated heterocycles. The minimum atomic E-state index is -4.87. The zero-order valence-corrected chi connectivity index (χ0v) is 24.8. The molecule has 0 aliphatic carbocycles. The van der Waals surface area contributed by atoms with Gasteiger partial charge < -0.3 is 10.2 Å². The fourth-order valence-corrected chi connectivity index (χ4v) is 5.89. The highest BCUT2D eigenvalue weighted by molar-refractivity contribution is 7.92. The summed E-state index contributed by atoms with van der Waals surface area (Å²) in [6, 6.07) is 18.0. The van der Waals surface area contributed by atoms with Crippen LogP contribution in [0.2, 0.25) is 5.02 Å². The summed E-state index contributed by atoms with van der Waals surface area (Å²) in [5, 5.41) is 2.17. The number of sulfonamides is 1. The average molecular weight is 624 g/mol. The maximum Gasteiger partial charge on any atom is 0.417 e. The number of hydrogen-bond acceptors (Lipinski definition) is 4. The first-order chi connectivity index (χ1) is 19.9. The van der Waals surface area contributed by atoms with Gasteiger partial charge in [0, 0.05) is 13.1 Å². The van der Waals surface area contributed by atoms with Gasteiger partial charge >= 0.3 is 6.18 Å². The topological polar surface area (TPSA) is 86.8 Å². The molecule has 1 unspecified atom stereocenters. The highest BCUT2D eigenvalue weighted by Crippen LogP contribution is 2.38. The fraction of sp³-hybridized carbons (Fsp3) is 0.333. The Morgan fingerprint density at radius 3 is 2.19 bits per heavy atom. The number of rotatable bonds is 13. The van der Waals surface area contributed by atoms with Gasteiger partial charge in [-0.2, -0.15) is 13.2 Å². The minimum Gasteiger partial charge on any atom is -0.354 e. The summed E-state index contributed by atoms with van der Waals surface area (Å²) in [5.41, 5.74) is -0.755. The Labute approximate surface area is 249 Å². The van der Waals surface area contributed by atoms with Crippen molar-refractivity contribution in [2.75, 3.05) is 23.9 Å². The van der Waals surface area contributed by atoms with Gasteiger partial charge in [-0.1, -0.05) is 73.5 Å². The monoisotopic (exact) mass is 623 g/mol. The third-order valence-corrected chi connectivity index (χ3v) is 8.75. The second-order valence-corrected chi connectivity index (χ2v) is 11.9. The SMILES string of the molecule is CCCCNC(=O)C(C)N(CCc1ccccc1)C(=O)CN(c1ccc(Cl)c(C(F)(F)F)c1)S(=O)(=O)c1ccccc1. The van der Waals surface area contributed by atoms with Crippen LogP contribution in [0.4, 0.5) is 18.9 Å². The molecule has 7 nitrogen and oxygen atoms in total. The fourth-order valence-electron chi connectivity index (χ4n) is 4.24. The smallest absolute Gasteiger partial charge is 0.354 e. The lowest BCUT2D eigenvalue weighted by molar-refractivity contribution is -0.138. The van der Waals surface area contributed by atoms with Crippen molar-refractivity contribution in [2.24, 2.45) is 0 Å². The normalized spacial score (nSPS) is 12.4. The van der Waals surface area contributed by atoms with Crippen LogP contribution in [0.15, 0.2) is 83.8 Å². The van der Waals surface area contributed by atoms with E-state index in [1.165, 1.54) is 36.1 Å². The van der Waals surface area contributed by atoms with Crippen LogP contribution in [0.25, 0.3) is 0 Å². The van der Waals surface area contributed by atoms with Crippen molar-refractivity contribution >= 4 is 39.1 Å². The van der Waals surface area contributed by atoms with E-state index in [-0.39, 0.29) is 11.4 Å². The van der Waals surface area contributed by atoms with Crippen molar-refractivity contribution in [3.63, 3.8) is 0 Å². The molecule has 0 aliphatic heterocycles. The predicted molar refractivity (Wildman–Crippen MR) is 157 cm³/mol. The molecule has 42 heavy (non-hydrogen) atoms. The molecule has 0 aliphatic rings. The lowest BCUT2D eigenvalue weighted by Crippen LogP contribution is -2.52. The second-order valence-electron chi connectivity index (χ2n) is 9.63. The number of hydrogen-bond donors (Lipinski definition) is 1. The van der Waals surface area contributed by atoms with Crippen molar-refractivity contribution in [3.8, 4) is 0 Å². The predicted octanol–water partition coefficient (Wildman–Crippen LogP) is 5.93. The number of amides is 2. The van der Waals surface area contributed by atoms with Crippen LogP contribution < -0.4 is 9.62 Å². The van der Waals surface area contributed by atoms with Crippen LogP contribution in [-0.4, -0.2) is 50.8 Å². The van der Waals surface area contributed by atoms with Crippen molar-refractivity contribution in [1.82, 2.24) is 10.2 Å².